The van der Waals surface area contributed by atoms with Crippen molar-refractivity contribution in [3.63, 3.8) is 0 Å². The summed E-state index contributed by atoms with van der Waals surface area (Å²) in [7, 11) is 0. The highest BCUT2D eigenvalue weighted by Crippen LogP contribution is 2.48. The summed E-state index contributed by atoms with van der Waals surface area (Å²) in [5.74, 6) is 0.138. The van der Waals surface area contributed by atoms with Gasteiger partial charge in [0.15, 0.2) is 0 Å². The number of thiazole rings is 1. The van der Waals surface area contributed by atoms with Crippen molar-refractivity contribution < 1.29 is 19.2 Å². The van der Waals surface area contributed by atoms with Gasteiger partial charge in [-0.3, -0.25) is 19.0 Å². The number of aromatic nitrogens is 4. The Morgan fingerprint density at radius 3 is 2.47 bits per heavy atom. The number of carbonyl (C=O) groups is 2. The highest BCUT2D eigenvalue weighted by molar-refractivity contribution is 7.13. The number of nitrogens with one attached hydrogen (secondary N) is 1. The van der Waals surface area contributed by atoms with E-state index in [1.165, 1.54) is 16.0 Å². The Balaban J connectivity index is 0.968. The SMILES string of the molecule is Cc1cc(C(C(=O)N2C[C@H](O)C[C@H]2C(=O)N[C@@H](CN2CCC(c3cccc4c3C(C)(C)c3nc(=O)c5c(Cl)cccc5n3-4)CC2)c2ccc(-c3scnc3C)cc2)C(C)C)on1. The van der Waals surface area contributed by atoms with Crippen molar-refractivity contribution in [2.45, 2.75) is 96.2 Å². The van der Waals surface area contributed by atoms with Gasteiger partial charge in [-0.15, -0.1) is 11.3 Å². The summed E-state index contributed by atoms with van der Waals surface area (Å²) in [6.45, 7) is 14.2. The van der Waals surface area contributed by atoms with Crippen LogP contribution in [0.2, 0.25) is 5.02 Å². The molecule has 0 spiro atoms. The number of hydrogen-bond acceptors (Lipinski definition) is 10. The van der Waals surface area contributed by atoms with Crippen LogP contribution in [0.25, 0.3) is 27.0 Å². The standard InChI is InChI=1S/C48H52ClN7O5S/c1-26(2)40(39-21-27(3)53-61-39)46(60)55-23-32(57)22-38(55)44(58)51-35(30-13-15-31(16-14-30)43-28(4)50-25-62-43)24-54-19-17-29(18-20-54)33-9-7-12-37-42(33)48(5,6)47-52-45(59)41-34(49)10-8-11-36(41)56(37)47/h7-16,21,25-26,29,32,35,38,40,57H,17-20,22-24H2,1-6H3,(H,51,58)/t32-,35+,38+,40?/m1/s1. The molecule has 9 rings (SSSR count). The topological polar surface area (TPSA) is 147 Å². The van der Waals surface area contributed by atoms with E-state index in [1.807, 2.05) is 45.3 Å². The molecule has 2 fully saturated rings. The largest absolute Gasteiger partial charge is 0.391 e. The normalized spacial score (nSPS) is 19.8. The number of fused-ring (bicyclic) bond motifs is 5. The van der Waals surface area contributed by atoms with Crippen molar-refractivity contribution in [2.24, 2.45) is 5.92 Å². The second kappa shape index (κ2) is 16.5. The van der Waals surface area contributed by atoms with Gasteiger partial charge in [-0.1, -0.05) is 73.1 Å². The molecule has 2 amide bonds. The monoisotopic (exact) mass is 873 g/mol. The van der Waals surface area contributed by atoms with E-state index in [1.54, 1.807) is 23.5 Å². The molecule has 0 aliphatic carbocycles. The predicted molar refractivity (Wildman–Crippen MR) is 241 cm³/mol. The second-order valence-electron chi connectivity index (χ2n) is 18.1. The molecule has 3 aromatic carbocycles. The Bertz CT molecular complexity index is 2730. The van der Waals surface area contributed by atoms with Gasteiger partial charge in [0, 0.05) is 25.6 Å². The molecule has 12 nitrogen and oxygen atoms in total. The molecule has 14 heteroatoms. The summed E-state index contributed by atoms with van der Waals surface area (Å²) >= 11 is 8.15. The fourth-order valence-electron chi connectivity index (χ4n) is 10.1. The number of likely N-dealkylation sites (tertiary alicyclic amines) is 2. The van der Waals surface area contributed by atoms with Gasteiger partial charge in [0.1, 0.15) is 23.5 Å². The number of benzene rings is 3. The summed E-state index contributed by atoms with van der Waals surface area (Å²) < 4.78 is 7.67. The molecular weight excluding hydrogens is 822 g/mol. The molecule has 4 atom stereocenters. The molecule has 3 aliphatic heterocycles. The van der Waals surface area contributed by atoms with Gasteiger partial charge in [-0.05, 0) is 106 Å². The van der Waals surface area contributed by atoms with Crippen molar-refractivity contribution in [3.8, 4) is 16.1 Å². The van der Waals surface area contributed by atoms with Crippen LogP contribution in [-0.2, 0) is 15.0 Å². The van der Waals surface area contributed by atoms with Crippen LogP contribution in [0.3, 0.4) is 0 Å². The van der Waals surface area contributed by atoms with E-state index in [4.69, 9.17) is 16.1 Å². The Morgan fingerprint density at radius 1 is 1.05 bits per heavy atom. The van der Waals surface area contributed by atoms with Gasteiger partial charge >= 0.3 is 0 Å². The maximum atomic E-state index is 14.5. The summed E-state index contributed by atoms with van der Waals surface area (Å²) in [5, 5.41) is 19.1. The lowest BCUT2D eigenvalue weighted by Crippen LogP contribution is -2.50. The first-order valence-electron chi connectivity index (χ1n) is 21.5. The molecule has 62 heavy (non-hydrogen) atoms. The Labute approximate surface area is 369 Å². The Kier molecular flexibility index (Phi) is 11.2. The van der Waals surface area contributed by atoms with E-state index in [-0.39, 0.29) is 48.2 Å². The molecule has 0 saturated carbocycles. The van der Waals surface area contributed by atoms with E-state index in [0.29, 0.717) is 28.4 Å². The number of halogens is 1. The fraction of sp³-hybridized carbons (Fsp3) is 0.417. The average molecular weight is 875 g/mol. The number of rotatable bonds is 10. The molecule has 322 valence electrons. The molecule has 6 aromatic rings. The minimum absolute atomic E-state index is 0.0655. The lowest BCUT2D eigenvalue weighted by Gasteiger charge is -2.37. The third-order valence-corrected chi connectivity index (χ3v) is 14.5. The number of β-amino-alcohol motifs (C(OH)–C–C–N with tert-alkyl or cyclic N) is 1. The fourth-order valence-corrected chi connectivity index (χ4v) is 11.2. The number of hydrogen-bond donors (Lipinski definition) is 2. The number of aliphatic hydroxyl groups excluding tert-OH is 1. The van der Waals surface area contributed by atoms with Gasteiger partial charge in [0.2, 0.25) is 11.8 Å². The second-order valence-corrected chi connectivity index (χ2v) is 19.4. The summed E-state index contributed by atoms with van der Waals surface area (Å²) in [4.78, 5) is 56.1. The van der Waals surface area contributed by atoms with E-state index in [2.05, 4.69) is 86.2 Å². The third-order valence-electron chi connectivity index (χ3n) is 13.2. The highest BCUT2D eigenvalue weighted by Gasteiger charge is 2.45. The first-order chi connectivity index (χ1) is 29.7. The van der Waals surface area contributed by atoms with Gasteiger partial charge in [-0.25, -0.2) is 4.98 Å². The zero-order valence-electron chi connectivity index (χ0n) is 35.9. The number of carbonyl (C=O) groups excluding carboxylic acids is 2. The van der Waals surface area contributed by atoms with E-state index < -0.39 is 23.5 Å². The molecule has 0 bridgehead atoms. The molecule has 3 aliphatic rings. The minimum atomic E-state index is -0.846. The molecule has 2 N–H and O–H groups in total. The van der Waals surface area contributed by atoms with Crippen LogP contribution in [0.5, 0.6) is 0 Å². The van der Waals surface area contributed by atoms with Gasteiger partial charge in [0.05, 0.1) is 60.9 Å². The lowest BCUT2D eigenvalue weighted by atomic mass is 9.76. The average Bonchev–Trinajstić information content (AvgIpc) is 4.03. The third kappa shape index (κ3) is 7.46. The molecular formula is C48H52ClN7O5S. The first-order valence-corrected chi connectivity index (χ1v) is 22.8. The van der Waals surface area contributed by atoms with Gasteiger partial charge in [0.25, 0.3) is 5.56 Å². The minimum Gasteiger partial charge on any atom is -0.391 e. The van der Waals surface area contributed by atoms with Crippen LogP contribution >= 0.6 is 22.9 Å². The highest BCUT2D eigenvalue weighted by atomic mass is 35.5. The first kappa shape index (κ1) is 42.1. The number of piperidine rings is 1. The zero-order chi connectivity index (χ0) is 43.6. The van der Waals surface area contributed by atoms with Gasteiger partial charge < -0.3 is 24.7 Å². The van der Waals surface area contributed by atoms with E-state index in [9.17, 15) is 19.5 Å². The van der Waals surface area contributed by atoms with Crippen LogP contribution in [0.1, 0.15) is 104 Å². The van der Waals surface area contributed by atoms with Crippen molar-refractivity contribution in [2.75, 3.05) is 26.2 Å². The summed E-state index contributed by atoms with van der Waals surface area (Å²) in [6.07, 6.45) is 1.12. The summed E-state index contributed by atoms with van der Waals surface area (Å²) in [6, 6.07) is 20.8. The van der Waals surface area contributed by atoms with Crippen molar-refractivity contribution in [3.05, 3.63) is 127 Å². The Hall–Kier alpha value is -5.21. The predicted octanol–water partition coefficient (Wildman–Crippen LogP) is 7.85. The van der Waals surface area contributed by atoms with Crippen molar-refractivity contribution >= 4 is 45.7 Å². The lowest BCUT2D eigenvalue weighted by molar-refractivity contribution is -0.141. The quantitative estimate of drug-likeness (QED) is 0.141. The molecule has 6 heterocycles. The van der Waals surface area contributed by atoms with Crippen LogP contribution in [0, 0.1) is 19.8 Å². The summed E-state index contributed by atoms with van der Waals surface area (Å²) in [5.41, 5.74) is 8.94. The van der Waals surface area contributed by atoms with Crippen molar-refractivity contribution in [1.29, 1.82) is 0 Å². The number of nitrogens with zero attached hydrogens (tertiary/aromatic N) is 6. The number of aliphatic hydroxyl groups is 1. The Morgan fingerprint density at radius 2 is 1.79 bits per heavy atom. The number of amides is 2. The van der Waals surface area contributed by atoms with Crippen LogP contribution in [0.15, 0.2) is 81.6 Å². The molecule has 0 radical (unpaired) electrons. The van der Waals surface area contributed by atoms with Crippen LogP contribution < -0.4 is 10.9 Å². The van der Waals surface area contributed by atoms with Crippen LogP contribution in [0.4, 0.5) is 0 Å². The zero-order valence-corrected chi connectivity index (χ0v) is 37.5. The maximum absolute atomic E-state index is 14.5. The molecule has 2 saturated heterocycles. The van der Waals surface area contributed by atoms with Crippen molar-refractivity contribution in [1.82, 2.24) is 34.8 Å². The molecule has 1 unspecified atom stereocenters. The van der Waals surface area contributed by atoms with E-state index in [0.717, 1.165) is 64.7 Å². The smallest absolute Gasteiger partial charge is 0.282 e. The van der Waals surface area contributed by atoms with E-state index >= 15 is 0 Å². The number of aryl methyl sites for hydroxylation is 2. The maximum Gasteiger partial charge on any atom is 0.282 e. The van der Waals surface area contributed by atoms with Crippen LogP contribution in [-0.4, -0.2) is 84.7 Å². The van der Waals surface area contributed by atoms with Gasteiger partial charge in [-0.2, -0.15) is 4.98 Å². The molecule has 3 aromatic heterocycles.